The number of rotatable bonds is 5. The molecule has 2 rings (SSSR count). The van der Waals surface area contributed by atoms with Gasteiger partial charge in [-0.15, -0.1) is 0 Å². The van der Waals surface area contributed by atoms with E-state index in [2.05, 4.69) is 37.4 Å². The Morgan fingerprint density at radius 3 is 2.82 bits per heavy atom. The van der Waals surface area contributed by atoms with E-state index >= 15 is 0 Å². The molecule has 1 heterocycles. The minimum absolute atomic E-state index is 0.401. The number of nitrogens with one attached hydrogen (secondary N) is 1. The molecule has 1 aliphatic rings. The highest BCUT2D eigenvalue weighted by Gasteiger charge is 2.50. The van der Waals surface area contributed by atoms with Gasteiger partial charge < -0.3 is 5.32 Å². The van der Waals surface area contributed by atoms with Crippen LogP contribution in [0.3, 0.4) is 0 Å². The number of hydrogen-bond acceptors (Lipinski definition) is 2. The van der Waals surface area contributed by atoms with E-state index in [4.69, 9.17) is 0 Å². The maximum Gasteiger partial charge on any atom is 0.0524 e. The second kappa shape index (κ2) is 4.81. The van der Waals surface area contributed by atoms with E-state index in [1.54, 1.807) is 0 Å². The van der Waals surface area contributed by atoms with Crippen LogP contribution in [0.25, 0.3) is 0 Å². The Morgan fingerprint density at radius 2 is 2.29 bits per heavy atom. The lowest BCUT2D eigenvalue weighted by Crippen LogP contribution is -2.56. The van der Waals surface area contributed by atoms with E-state index in [0.717, 1.165) is 6.54 Å². The van der Waals surface area contributed by atoms with Gasteiger partial charge in [0.2, 0.25) is 0 Å². The SMILES string of the molecule is CCCNC1CC(c2cnn(C)c2)C1(C)CC. The van der Waals surface area contributed by atoms with Gasteiger partial charge in [0.05, 0.1) is 6.20 Å². The van der Waals surface area contributed by atoms with Crippen LogP contribution in [0.1, 0.15) is 51.5 Å². The summed E-state index contributed by atoms with van der Waals surface area (Å²) in [6, 6.07) is 0.678. The van der Waals surface area contributed by atoms with E-state index in [1.165, 1.54) is 24.8 Å². The van der Waals surface area contributed by atoms with Crippen LogP contribution in [0.15, 0.2) is 12.4 Å². The first-order valence-corrected chi connectivity index (χ1v) is 6.83. The van der Waals surface area contributed by atoms with Gasteiger partial charge in [0, 0.05) is 19.3 Å². The number of aromatic nitrogens is 2. The first-order valence-electron chi connectivity index (χ1n) is 6.83. The maximum absolute atomic E-state index is 4.30. The second-order valence-corrected chi connectivity index (χ2v) is 5.60. The molecule has 0 aliphatic heterocycles. The molecule has 0 spiro atoms. The molecule has 1 aromatic rings. The van der Waals surface area contributed by atoms with Crippen molar-refractivity contribution in [1.82, 2.24) is 15.1 Å². The molecule has 1 fully saturated rings. The van der Waals surface area contributed by atoms with Gasteiger partial charge in [-0.1, -0.05) is 20.8 Å². The predicted octanol–water partition coefficient (Wildman–Crippen LogP) is 2.69. The topological polar surface area (TPSA) is 29.9 Å². The normalized spacial score (nSPS) is 32.5. The van der Waals surface area contributed by atoms with Crippen molar-refractivity contribution in [2.45, 2.75) is 52.0 Å². The van der Waals surface area contributed by atoms with E-state index in [9.17, 15) is 0 Å². The summed E-state index contributed by atoms with van der Waals surface area (Å²) in [6.07, 6.45) is 7.92. The summed E-state index contributed by atoms with van der Waals surface area (Å²) in [6.45, 7) is 8.10. The van der Waals surface area contributed by atoms with Gasteiger partial charge in [-0.05, 0) is 42.7 Å². The third kappa shape index (κ3) is 2.13. The largest absolute Gasteiger partial charge is 0.313 e. The van der Waals surface area contributed by atoms with Crippen molar-refractivity contribution in [2.24, 2.45) is 12.5 Å². The average Bonchev–Trinajstić information content (AvgIpc) is 2.73. The van der Waals surface area contributed by atoms with Crippen LogP contribution >= 0.6 is 0 Å². The van der Waals surface area contributed by atoms with Crippen molar-refractivity contribution < 1.29 is 0 Å². The highest BCUT2D eigenvalue weighted by atomic mass is 15.2. The smallest absolute Gasteiger partial charge is 0.0524 e. The lowest BCUT2D eigenvalue weighted by atomic mass is 9.54. The Hall–Kier alpha value is -0.830. The Kier molecular flexibility index (Phi) is 3.57. The molecular formula is C14H25N3. The molecule has 96 valence electrons. The van der Waals surface area contributed by atoms with Crippen LogP contribution in [-0.2, 0) is 7.05 Å². The monoisotopic (exact) mass is 235 g/mol. The van der Waals surface area contributed by atoms with E-state index in [0.29, 0.717) is 17.4 Å². The Bertz CT molecular complexity index is 371. The fraction of sp³-hybridized carbons (Fsp3) is 0.786. The summed E-state index contributed by atoms with van der Waals surface area (Å²) < 4.78 is 1.91. The molecule has 17 heavy (non-hydrogen) atoms. The Morgan fingerprint density at radius 1 is 1.53 bits per heavy atom. The highest BCUT2D eigenvalue weighted by Crippen LogP contribution is 2.54. The molecule has 3 nitrogen and oxygen atoms in total. The molecule has 3 atom stereocenters. The molecule has 1 aliphatic carbocycles. The highest BCUT2D eigenvalue weighted by molar-refractivity contribution is 5.23. The van der Waals surface area contributed by atoms with Crippen molar-refractivity contribution in [1.29, 1.82) is 0 Å². The predicted molar refractivity (Wildman–Crippen MR) is 71.0 cm³/mol. The molecular weight excluding hydrogens is 210 g/mol. The van der Waals surface area contributed by atoms with Crippen molar-refractivity contribution in [3.05, 3.63) is 18.0 Å². The third-order valence-electron chi connectivity index (χ3n) is 4.59. The fourth-order valence-electron chi connectivity index (χ4n) is 3.12. The van der Waals surface area contributed by atoms with Gasteiger partial charge in [-0.2, -0.15) is 5.10 Å². The van der Waals surface area contributed by atoms with Gasteiger partial charge in [-0.25, -0.2) is 0 Å². The molecule has 1 saturated carbocycles. The van der Waals surface area contributed by atoms with Gasteiger partial charge in [0.1, 0.15) is 0 Å². The summed E-state index contributed by atoms with van der Waals surface area (Å²) >= 11 is 0. The third-order valence-corrected chi connectivity index (χ3v) is 4.59. The lowest BCUT2D eigenvalue weighted by molar-refractivity contribution is 0.0445. The summed E-state index contributed by atoms with van der Waals surface area (Å²) in [4.78, 5) is 0. The van der Waals surface area contributed by atoms with Gasteiger partial charge in [-0.3, -0.25) is 4.68 Å². The minimum atomic E-state index is 0.401. The zero-order valence-corrected chi connectivity index (χ0v) is 11.5. The Labute approximate surface area is 105 Å². The molecule has 0 radical (unpaired) electrons. The van der Waals surface area contributed by atoms with Crippen LogP contribution < -0.4 is 5.32 Å². The summed E-state index contributed by atoms with van der Waals surface area (Å²) in [5.74, 6) is 0.676. The Balaban J connectivity index is 2.07. The maximum atomic E-state index is 4.30. The zero-order chi connectivity index (χ0) is 12.5. The van der Waals surface area contributed by atoms with Crippen LogP contribution in [0.2, 0.25) is 0 Å². The molecule has 3 unspecified atom stereocenters. The average molecular weight is 235 g/mol. The fourth-order valence-corrected chi connectivity index (χ4v) is 3.12. The quantitative estimate of drug-likeness (QED) is 0.850. The summed E-state index contributed by atoms with van der Waals surface area (Å²) in [5.41, 5.74) is 1.81. The minimum Gasteiger partial charge on any atom is -0.313 e. The van der Waals surface area contributed by atoms with Crippen LogP contribution in [0.5, 0.6) is 0 Å². The zero-order valence-electron chi connectivity index (χ0n) is 11.5. The van der Waals surface area contributed by atoms with Gasteiger partial charge in [0.15, 0.2) is 0 Å². The molecule has 0 aromatic carbocycles. The van der Waals surface area contributed by atoms with E-state index in [-0.39, 0.29) is 0 Å². The molecule has 0 amide bonds. The first-order chi connectivity index (χ1) is 8.11. The molecule has 1 N–H and O–H groups in total. The molecule has 0 bridgehead atoms. The second-order valence-electron chi connectivity index (χ2n) is 5.60. The first kappa shape index (κ1) is 12.6. The number of hydrogen-bond donors (Lipinski definition) is 1. The van der Waals surface area contributed by atoms with E-state index < -0.39 is 0 Å². The van der Waals surface area contributed by atoms with Crippen molar-refractivity contribution in [3.63, 3.8) is 0 Å². The number of nitrogens with zero attached hydrogens (tertiary/aromatic N) is 2. The molecule has 0 saturated heterocycles. The van der Waals surface area contributed by atoms with Crippen LogP contribution in [0.4, 0.5) is 0 Å². The van der Waals surface area contributed by atoms with Crippen molar-refractivity contribution in [3.8, 4) is 0 Å². The van der Waals surface area contributed by atoms with E-state index in [1.807, 2.05) is 17.9 Å². The summed E-state index contributed by atoms with van der Waals surface area (Å²) in [5, 5.41) is 7.99. The summed E-state index contributed by atoms with van der Waals surface area (Å²) in [7, 11) is 2.00. The van der Waals surface area contributed by atoms with Gasteiger partial charge in [0.25, 0.3) is 0 Å². The molecule has 3 heteroatoms. The van der Waals surface area contributed by atoms with Crippen molar-refractivity contribution in [2.75, 3.05) is 6.54 Å². The van der Waals surface area contributed by atoms with Crippen LogP contribution in [0, 0.1) is 5.41 Å². The standard InChI is InChI=1S/C14H25N3/c1-5-7-15-13-8-12(14(13,3)6-2)11-9-16-17(4)10-11/h9-10,12-13,15H,5-8H2,1-4H3. The van der Waals surface area contributed by atoms with Crippen molar-refractivity contribution >= 4 is 0 Å². The van der Waals surface area contributed by atoms with Gasteiger partial charge >= 0.3 is 0 Å². The lowest BCUT2D eigenvalue weighted by Gasteiger charge is -2.54. The molecule has 1 aromatic heterocycles. The van der Waals surface area contributed by atoms with Crippen LogP contribution in [-0.4, -0.2) is 22.4 Å². The number of aryl methyl sites for hydroxylation is 1.